The molecule has 2 saturated heterocycles. The highest BCUT2D eigenvalue weighted by molar-refractivity contribution is 6.23. The number of imide groups is 1. The van der Waals surface area contributed by atoms with E-state index in [2.05, 4.69) is 13.8 Å². The minimum absolute atomic E-state index is 0.0698. The van der Waals surface area contributed by atoms with Gasteiger partial charge < -0.3 is 9.64 Å². The van der Waals surface area contributed by atoms with Gasteiger partial charge in [-0.3, -0.25) is 19.2 Å². The van der Waals surface area contributed by atoms with Crippen molar-refractivity contribution >= 4 is 35.1 Å². The number of ether oxygens (including phenoxy) is 1. The van der Waals surface area contributed by atoms with Gasteiger partial charge in [-0.05, 0) is 85.8 Å². The molecule has 2 heterocycles. The molecule has 2 aliphatic heterocycles. The lowest BCUT2D eigenvalue weighted by molar-refractivity contribution is -0.139. The number of para-hydroxylation sites is 1. The first-order chi connectivity index (χ1) is 18.3. The van der Waals surface area contributed by atoms with Crippen LogP contribution in [0.3, 0.4) is 0 Å². The maximum atomic E-state index is 13.2. The summed E-state index contributed by atoms with van der Waals surface area (Å²) in [5, 5.41) is 0. The zero-order valence-corrected chi connectivity index (χ0v) is 22.2. The van der Waals surface area contributed by atoms with E-state index in [1.165, 1.54) is 4.90 Å². The van der Waals surface area contributed by atoms with Gasteiger partial charge in [-0.25, -0.2) is 4.90 Å². The maximum Gasteiger partial charge on any atom is 0.316 e. The Morgan fingerprint density at radius 2 is 1.58 bits per heavy atom. The molecule has 0 radical (unpaired) electrons. The van der Waals surface area contributed by atoms with E-state index < -0.39 is 11.9 Å². The fourth-order valence-electron chi connectivity index (χ4n) is 7.43. The molecule has 3 amide bonds. The summed E-state index contributed by atoms with van der Waals surface area (Å²) in [6.07, 6.45) is 4.80. The minimum Gasteiger partial charge on any atom is -0.426 e. The number of nitrogens with zero attached hydrogens (tertiary/aromatic N) is 2. The van der Waals surface area contributed by atoms with E-state index in [1.807, 2.05) is 25.1 Å². The molecule has 2 aromatic rings. The van der Waals surface area contributed by atoms with Gasteiger partial charge in [-0.15, -0.1) is 0 Å². The molecule has 198 valence electrons. The van der Waals surface area contributed by atoms with Crippen LogP contribution in [0.25, 0.3) is 0 Å². The Kier molecular flexibility index (Phi) is 6.12. The topological polar surface area (TPSA) is 84.0 Å². The van der Waals surface area contributed by atoms with E-state index in [0.717, 1.165) is 48.9 Å². The summed E-state index contributed by atoms with van der Waals surface area (Å²) in [5.41, 5.74) is 4.40. The number of rotatable bonds is 6. The van der Waals surface area contributed by atoms with Crippen LogP contribution in [0.5, 0.6) is 5.75 Å². The molecule has 7 nitrogen and oxygen atoms in total. The van der Waals surface area contributed by atoms with E-state index in [1.54, 1.807) is 23.1 Å². The fraction of sp³-hybridized carbons (Fsp3) is 0.484. The van der Waals surface area contributed by atoms with E-state index in [-0.39, 0.29) is 36.0 Å². The molecule has 0 N–H and O–H groups in total. The van der Waals surface area contributed by atoms with Crippen LogP contribution in [0.2, 0.25) is 0 Å². The van der Waals surface area contributed by atoms with Crippen LogP contribution in [-0.2, 0) is 32.0 Å². The van der Waals surface area contributed by atoms with Crippen molar-refractivity contribution < 1.29 is 23.9 Å². The zero-order chi connectivity index (χ0) is 26.7. The van der Waals surface area contributed by atoms with Crippen LogP contribution < -0.4 is 14.5 Å². The van der Waals surface area contributed by atoms with Gasteiger partial charge in [0.25, 0.3) is 0 Å². The summed E-state index contributed by atoms with van der Waals surface area (Å²) < 4.78 is 5.71. The van der Waals surface area contributed by atoms with Crippen LogP contribution >= 0.6 is 0 Å². The normalized spacial score (nSPS) is 28.0. The minimum atomic E-state index is -0.561. The highest BCUT2D eigenvalue weighted by Crippen LogP contribution is 2.56. The average Bonchev–Trinajstić information content (AvgIpc) is 3.68. The third kappa shape index (κ3) is 3.77. The first-order valence-electron chi connectivity index (χ1n) is 13.9. The number of amides is 3. The first-order valence-corrected chi connectivity index (χ1v) is 13.9. The Morgan fingerprint density at radius 1 is 0.947 bits per heavy atom. The number of carbonyl (C=O) groups is 4. The quantitative estimate of drug-likeness (QED) is 0.319. The third-order valence-electron chi connectivity index (χ3n) is 9.25. The summed E-state index contributed by atoms with van der Waals surface area (Å²) in [7, 11) is 0. The molecule has 2 aliphatic carbocycles. The Bertz CT molecular complexity index is 1300. The number of fused-ring (bicyclic) bond motifs is 5. The fourth-order valence-corrected chi connectivity index (χ4v) is 7.43. The summed E-state index contributed by atoms with van der Waals surface area (Å²) in [5.74, 6) is -0.569. The third-order valence-corrected chi connectivity index (χ3v) is 9.25. The van der Waals surface area contributed by atoms with Crippen LogP contribution in [0.1, 0.15) is 56.2 Å². The van der Waals surface area contributed by atoms with Crippen LogP contribution in [0.15, 0.2) is 36.4 Å². The van der Waals surface area contributed by atoms with E-state index >= 15 is 0 Å². The number of aryl methyl sites for hydroxylation is 3. The highest BCUT2D eigenvalue weighted by Gasteiger charge is 2.61. The molecule has 4 fully saturated rings. The Morgan fingerprint density at radius 3 is 2.16 bits per heavy atom. The Hall–Kier alpha value is -3.48. The van der Waals surface area contributed by atoms with Gasteiger partial charge in [0.15, 0.2) is 0 Å². The number of esters is 1. The van der Waals surface area contributed by atoms with Crippen molar-refractivity contribution in [3.8, 4) is 5.75 Å². The van der Waals surface area contributed by atoms with Crippen molar-refractivity contribution in [1.29, 1.82) is 0 Å². The Balaban J connectivity index is 1.17. The lowest BCUT2D eigenvalue weighted by Gasteiger charge is -2.23. The second-order valence-corrected chi connectivity index (χ2v) is 11.3. The molecule has 4 aliphatic rings. The molecular weight excluding hydrogens is 480 g/mol. The van der Waals surface area contributed by atoms with Gasteiger partial charge in [0.05, 0.1) is 23.4 Å². The molecule has 2 bridgehead atoms. The predicted molar refractivity (Wildman–Crippen MR) is 143 cm³/mol. The summed E-state index contributed by atoms with van der Waals surface area (Å²) >= 11 is 0. The lowest BCUT2D eigenvalue weighted by atomic mass is 9.81. The second kappa shape index (κ2) is 9.37. The lowest BCUT2D eigenvalue weighted by Crippen LogP contribution is -2.33. The van der Waals surface area contributed by atoms with Crippen molar-refractivity contribution in [1.82, 2.24) is 0 Å². The monoisotopic (exact) mass is 514 g/mol. The highest BCUT2D eigenvalue weighted by atomic mass is 16.5. The molecule has 0 unspecified atom stereocenters. The van der Waals surface area contributed by atoms with Crippen molar-refractivity contribution in [2.24, 2.45) is 29.6 Å². The van der Waals surface area contributed by atoms with E-state index in [9.17, 15) is 19.2 Å². The predicted octanol–water partition coefficient (Wildman–Crippen LogP) is 4.61. The summed E-state index contributed by atoms with van der Waals surface area (Å²) in [6.45, 7) is 6.25. The standard InChI is InChI=1S/C31H34N2O5/c1-4-18-7-6-8-19(5-2)28(18)32-16-22(15-25(32)34)31(37)38-23-11-12-24(17(3)13-23)33-29(35)26-20-9-10-21(14-20)27(26)30(33)36/h6-8,11-13,20-22,26-27H,4-5,9-10,14-16H2,1-3H3/t20-,21-,22-,26-,27+/m0/s1. The summed E-state index contributed by atoms with van der Waals surface area (Å²) in [6, 6.07) is 11.1. The summed E-state index contributed by atoms with van der Waals surface area (Å²) in [4.78, 5) is 55.6. The van der Waals surface area contributed by atoms with Crippen molar-refractivity contribution in [3.63, 3.8) is 0 Å². The molecule has 2 aromatic carbocycles. The van der Waals surface area contributed by atoms with Gasteiger partial charge in [0.1, 0.15) is 5.75 Å². The number of carbonyl (C=O) groups excluding carboxylic acids is 4. The van der Waals surface area contributed by atoms with Crippen LogP contribution in [0.4, 0.5) is 11.4 Å². The Labute approximate surface area is 223 Å². The van der Waals surface area contributed by atoms with Crippen molar-refractivity contribution in [3.05, 3.63) is 53.1 Å². The van der Waals surface area contributed by atoms with E-state index in [0.29, 0.717) is 35.4 Å². The molecule has 0 spiro atoms. The van der Waals surface area contributed by atoms with E-state index in [4.69, 9.17) is 4.74 Å². The smallest absolute Gasteiger partial charge is 0.316 e. The first kappa shape index (κ1) is 24.8. The van der Waals surface area contributed by atoms with Gasteiger partial charge in [0.2, 0.25) is 17.7 Å². The molecule has 2 saturated carbocycles. The van der Waals surface area contributed by atoms with Gasteiger partial charge >= 0.3 is 5.97 Å². The van der Waals surface area contributed by atoms with Crippen molar-refractivity contribution in [2.75, 3.05) is 16.3 Å². The van der Waals surface area contributed by atoms with Crippen LogP contribution in [-0.4, -0.2) is 30.2 Å². The maximum absolute atomic E-state index is 13.2. The molecule has 7 heteroatoms. The number of hydrogen-bond donors (Lipinski definition) is 0. The molecule has 38 heavy (non-hydrogen) atoms. The van der Waals surface area contributed by atoms with Crippen LogP contribution in [0, 0.1) is 36.5 Å². The van der Waals surface area contributed by atoms with Gasteiger partial charge in [-0.2, -0.15) is 0 Å². The molecule has 6 rings (SSSR count). The SMILES string of the molecule is CCc1cccc(CC)c1N1C[C@@H](C(=O)Oc2ccc(N3C(=O)[C@@H]4[C@H]5CC[C@@H](C5)[C@@H]4C3=O)c(C)c2)CC1=O. The number of benzene rings is 2. The zero-order valence-electron chi connectivity index (χ0n) is 22.2. The second-order valence-electron chi connectivity index (χ2n) is 11.3. The number of anilines is 2. The molecule has 5 atom stereocenters. The van der Waals surface area contributed by atoms with Gasteiger partial charge in [0, 0.05) is 18.7 Å². The molecular formula is C31H34N2O5. The molecule has 0 aromatic heterocycles. The number of hydrogen-bond acceptors (Lipinski definition) is 5. The largest absolute Gasteiger partial charge is 0.426 e. The average molecular weight is 515 g/mol. The van der Waals surface area contributed by atoms with Gasteiger partial charge in [-0.1, -0.05) is 32.0 Å². The van der Waals surface area contributed by atoms with Crippen molar-refractivity contribution in [2.45, 2.75) is 59.3 Å².